The van der Waals surface area contributed by atoms with Crippen LogP contribution in [-0.4, -0.2) is 24.5 Å². The van der Waals surface area contributed by atoms with Gasteiger partial charge in [-0.15, -0.1) is 0 Å². The molecule has 0 aliphatic rings. The van der Waals surface area contributed by atoms with Crippen molar-refractivity contribution in [3.05, 3.63) is 65.4 Å². The molecular formula is C22H23F3N2O2. The molecule has 0 radical (unpaired) electrons. The Balaban J connectivity index is 1.69. The number of hydrogen-bond acceptors (Lipinski definition) is 2. The summed E-state index contributed by atoms with van der Waals surface area (Å²) in [6.45, 7) is 3.83. The minimum Gasteiger partial charge on any atom is -0.497 e. The first-order valence-electron chi connectivity index (χ1n) is 9.18. The number of methoxy groups -OCH3 is 1. The molecule has 1 aromatic heterocycles. The molecule has 29 heavy (non-hydrogen) atoms. The van der Waals surface area contributed by atoms with E-state index in [-0.39, 0.29) is 18.9 Å². The topological polar surface area (TPSA) is 54.1 Å². The molecule has 2 N–H and O–H groups in total. The lowest BCUT2D eigenvalue weighted by molar-refractivity contribution is -0.137. The summed E-state index contributed by atoms with van der Waals surface area (Å²) in [5.74, 6) is 0.498. The molecule has 154 valence electrons. The number of fused-ring (bicyclic) bond motifs is 1. The second kappa shape index (κ2) is 7.81. The number of benzene rings is 2. The van der Waals surface area contributed by atoms with Gasteiger partial charge in [0, 0.05) is 29.1 Å². The molecule has 0 aliphatic heterocycles. The van der Waals surface area contributed by atoms with Crippen LogP contribution in [0.25, 0.3) is 10.9 Å². The van der Waals surface area contributed by atoms with Gasteiger partial charge in [-0.2, -0.15) is 13.2 Å². The van der Waals surface area contributed by atoms with E-state index in [1.54, 1.807) is 33.2 Å². The van der Waals surface area contributed by atoms with Crippen LogP contribution in [0.15, 0.2) is 48.7 Å². The van der Waals surface area contributed by atoms with Gasteiger partial charge in [0.1, 0.15) is 5.75 Å². The number of carbonyl (C=O) groups is 1. The first-order valence-corrected chi connectivity index (χ1v) is 9.18. The number of amides is 1. The summed E-state index contributed by atoms with van der Waals surface area (Å²) in [6, 6.07) is 10.8. The second-order valence-corrected chi connectivity index (χ2v) is 7.64. The van der Waals surface area contributed by atoms with Crippen LogP contribution in [0.2, 0.25) is 0 Å². The molecule has 0 atom stereocenters. The van der Waals surface area contributed by atoms with Gasteiger partial charge in [0.05, 0.1) is 19.1 Å². The van der Waals surface area contributed by atoms with E-state index in [2.05, 4.69) is 10.3 Å². The zero-order valence-corrected chi connectivity index (χ0v) is 16.5. The van der Waals surface area contributed by atoms with Crippen LogP contribution in [0.4, 0.5) is 13.2 Å². The second-order valence-electron chi connectivity index (χ2n) is 7.64. The summed E-state index contributed by atoms with van der Waals surface area (Å²) in [5.41, 5.74) is 0.901. The van der Waals surface area contributed by atoms with Crippen molar-refractivity contribution < 1.29 is 22.7 Å². The van der Waals surface area contributed by atoms with Gasteiger partial charge >= 0.3 is 6.18 Å². The molecule has 2 aromatic carbocycles. The zero-order valence-electron chi connectivity index (χ0n) is 16.5. The highest BCUT2D eigenvalue weighted by molar-refractivity contribution is 5.89. The van der Waals surface area contributed by atoms with Crippen LogP contribution in [0.3, 0.4) is 0 Å². The van der Waals surface area contributed by atoms with Crippen molar-refractivity contribution in [1.29, 1.82) is 0 Å². The molecule has 0 aliphatic carbocycles. The first kappa shape index (κ1) is 20.8. The molecule has 0 bridgehead atoms. The third-order valence-corrected chi connectivity index (χ3v) is 5.02. The Morgan fingerprint density at radius 2 is 1.83 bits per heavy atom. The van der Waals surface area contributed by atoms with Gasteiger partial charge in [0.25, 0.3) is 0 Å². The number of alkyl halides is 3. The fourth-order valence-corrected chi connectivity index (χ4v) is 3.20. The van der Waals surface area contributed by atoms with E-state index >= 15 is 0 Å². The summed E-state index contributed by atoms with van der Waals surface area (Å²) < 4.78 is 44.2. The van der Waals surface area contributed by atoms with Gasteiger partial charge in [0.2, 0.25) is 5.91 Å². The van der Waals surface area contributed by atoms with Crippen LogP contribution in [0, 0.1) is 0 Å². The van der Waals surface area contributed by atoms with E-state index in [0.717, 1.165) is 28.6 Å². The van der Waals surface area contributed by atoms with Crippen LogP contribution in [0.5, 0.6) is 5.75 Å². The highest BCUT2D eigenvalue weighted by atomic mass is 19.4. The number of H-pyrrole nitrogens is 1. The van der Waals surface area contributed by atoms with Crippen LogP contribution < -0.4 is 10.1 Å². The van der Waals surface area contributed by atoms with Crippen molar-refractivity contribution in [3.63, 3.8) is 0 Å². The average Bonchev–Trinajstić information content (AvgIpc) is 3.08. The number of nitrogens with one attached hydrogen (secondary N) is 2. The van der Waals surface area contributed by atoms with Crippen LogP contribution in [0.1, 0.15) is 30.5 Å². The SMILES string of the molecule is COc1ccc2[nH]cc(CC(=O)NCC(C)(C)c3cccc(C(F)(F)F)c3)c2c1. The maximum Gasteiger partial charge on any atom is 0.416 e. The van der Waals surface area contributed by atoms with Crippen LogP contribution in [-0.2, 0) is 22.8 Å². The summed E-state index contributed by atoms with van der Waals surface area (Å²) in [7, 11) is 1.58. The minimum atomic E-state index is -4.40. The quantitative estimate of drug-likeness (QED) is 0.618. The number of hydrogen-bond donors (Lipinski definition) is 2. The Morgan fingerprint density at radius 3 is 2.52 bits per heavy atom. The van der Waals surface area contributed by atoms with Crippen molar-refractivity contribution in [1.82, 2.24) is 10.3 Å². The van der Waals surface area contributed by atoms with E-state index < -0.39 is 17.2 Å². The summed E-state index contributed by atoms with van der Waals surface area (Å²) in [5, 5.41) is 3.75. The third-order valence-electron chi connectivity index (χ3n) is 5.02. The molecule has 4 nitrogen and oxygen atoms in total. The Morgan fingerprint density at radius 1 is 1.10 bits per heavy atom. The fraction of sp³-hybridized carbons (Fsp3) is 0.318. The molecule has 0 saturated heterocycles. The van der Waals surface area contributed by atoms with Crippen molar-refractivity contribution in [2.75, 3.05) is 13.7 Å². The number of ether oxygens (including phenoxy) is 1. The number of halogens is 3. The number of rotatable bonds is 6. The number of aromatic nitrogens is 1. The molecule has 0 fully saturated rings. The highest BCUT2D eigenvalue weighted by Crippen LogP contribution is 2.32. The first-order chi connectivity index (χ1) is 13.6. The zero-order chi connectivity index (χ0) is 21.2. The van der Waals surface area contributed by atoms with Gasteiger partial charge in [-0.3, -0.25) is 4.79 Å². The lowest BCUT2D eigenvalue weighted by atomic mass is 9.83. The van der Waals surface area contributed by atoms with Gasteiger partial charge < -0.3 is 15.0 Å². The van der Waals surface area contributed by atoms with Crippen molar-refractivity contribution in [2.45, 2.75) is 31.9 Å². The minimum absolute atomic E-state index is 0.159. The molecule has 1 amide bonds. The van der Waals surface area contributed by atoms with Crippen molar-refractivity contribution >= 4 is 16.8 Å². The van der Waals surface area contributed by atoms with Gasteiger partial charge in [-0.25, -0.2) is 0 Å². The third kappa shape index (κ3) is 4.72. The summed E-state index contributed by atoms with van der Waals surface area (Å²) in [6.07, 6.45) is -2.46. The highest BCUT2D eigenvalue weighted by Gasteiger charge is 2.32. The van der Waals surface area contributed by atoms with E-state index in [4.69, 9.17) is 4.74 Å². The Labute approximate surface area is 167 Å². The standard InChI is InChI=1S/C22H23F3N2O2/c1-21(2,15-5-4-6-16(10-15)22(23,24)25)13-27-20(28)9-14-12-26-19-8-7-17(29-3)11-18(14)19/h4-8,10-12,26H,9,13H2,1-3H3,(H,27,28). The van der Waals surface area contributed by atoms with E-state index in [9.17, 15) is 18.0 Å². The average molecular weight is 404 g/mol. The Bertz CT molecular complexity index is 1020. The Kier molecular flexibility index (Phi) is 5.59. The van der Waals surface area contributed by atoms with E-state index in [1.807, 2.05) is 18.2 Å². The molecule has 0 spiro atoms. The number of aromatic amines is 1. The van der Waals surface area contributed by atoms with Crippen molar-refractivity contribution in [3.8, 4) is 5.75 Å². The molecule has 0 unspecified atom stereocenters. The smallest absolute Gasteiger partial charge is 0.416 e. The molecule has 1 heterocycles. The lowest BCUT2D eigenvalue weighted by Crippen LogP contribution is -2.37. The summed E-state index contributed by atoms with van der Waals surface area (Å²) >= 11 is 0. The van der Waals surface area contributed by atoms with Crippen molar-refractivity contribution in [2.24, 2.45) is 0 Å². The van der Waals surface area contributed by atoms with E-state index in [0.29, 0.717) is 11.3 Å². The Hall–Kier alpha value is -2.96. The van der Waals surface area contributed by atoms with Gasteiger partial charge in [-0.1, -0.05) is 32.0 Å². The fourth-order valence-electron chi connectivity index (χ4n) is 3.20. The molecular weight excluding hydrogens is 381 g/mol. The summed E-state index contributed by atoms with van der Waals surface area (Å²) in [4.78, 5) is 15.6. The molecule has 3 aromatic rings. The monoisotopic (exact) mass is 404 g/mol. The molecule has 3 rings (SSSR count). The predicted molar refractivity (Wildman–Crippen MR) is 106 cm³/mol. The van der Waals surface area contributed by atoms with Gasteiger partial charge in [-0.05, 0) is 35.4 Å². The van der Waals surface area contributed by atoms with Crippen LogP contribution >= 0.6 is 0 Å². The van der Waals surface area contributed by atoms with E-state index in [1.165, 1.54) is 6.07 Å². The largest absolute Gasteiger partial charge is 0.497 e. The van der Waals surface area contributed by atoms with Gasteiger partial charge in [0.15, 0.2) is 0 Å². The molecule has 7 heteroatoms. The predicted octanol–water partition coefficient (Wildman–Crippen LogP) is 4.83. The number of carbonyl (C=O) groups excluding carboxylic acids is 1. The normalized spacial score (nSPS) is 12.2. The maximum atomic E-state index is 13.0. The molecule has 0 saturated carbocycles. The lowest BCUT2D eigenvalue weighted by Gasteiger charge is -2.26. The maximum absolute atomic E-state index is 13.0.